The third-order valence-electron chi connectivity index (χ3n) is 7.13. The average molecular weight is 371 g/mol. The summed E-state index contributed by atoms with van der Waals surface area (Å²) in [5.41, 5.74) is 1.33. The molecular formula is C26H39F. The zero-order chi connectivity index (χ0) is 18.9. The van der Waals surface area contributed by atoms with Crippen molar-refractivity contribution in [2.75, 3.05) is 0 Å². The first-order valence-corrected chi connectivity index (χ1v) is 11.7. The van der Waals surface area contributed by atoms with Gasteiger partial charge in [0.25, 0.3) is 0 Å². The van der Waals surface area contributed by atoms with Crippen LogP contribution in [0.3, 0.4) is 0 Å². The minimum atomic E-state index is -0.119. The minimum Gasteiger partial charge on any atom is -0.207 e. The highest BCUT2D eigenvalue weighted by Gasteiger charge is 2.22. The van der Waals surface area contributed by atoms with Crippen molar-refractivity contribution in [3.8, 4) is 0 Å². The Kier molecular flexibility index (Phi) is 8.42. The molecule has 27 heavy (non-hydrogen) atoms. The number of benzene rings is 1. The van der Waals surface area contributed by atoms with Gasteiger partial charge in [-0.15, -0.1) is 0 Å². The van der Waals surface area contributed by atoms with Crippen molar-refractivity contribution >= 4 is 0 Å². The van der Waals surface area contributed by atoms with Gasteiger partial charge in [-0.1, -0.05) is 63.3 Å². The Morgan fingerprint density at radius 2 is 1.37 bits per heavy atom. The van der Waals surface area contributed by atoms with Crippen LogP contribution in [0.1, 0.15) is 102 Å². The molecule has 0 heterocycles. The predicted octanol–water partition coefficient (Wildman–Crippen LogP) is 8.43. The molecule has 0 nitrogen and oxygen atoms in total. The molecule has 2 aliphatic carbocycles. The van der Waals surface area contributed by atoms with Gasteiger partial charge in [0.05, 0.1) is 0 Å². The van der Waals surface area contributed by atoms with Gasteiger partial charge in [-0.3, -0.25) is 0 Å². The molecule has 1 aromatic rings. The highest BCUT2D eigenvalue weighted by atomic mass is 19.1. The van der Waals surface area contributed by atoms with Gasteiger partial charge in [-0.25, -0.2) is 4.39 Å². The Hall–Kier alpha value is -1.11. The Bertz CT molecular complexity index is 542. The van der Waals surface area contributed by atoms with Crippen LogP contribution >= 0.6 is 0 Å². The molecule has 0 radical (unpaired) electrons. The second-order valence-corrected chi connectivity index (χ2v) is 9.18. The fourth-order valence-electron chi connectivity index (χ4n) is 5.22. The van der Waals surface area contributed by atoms with Crippen LogP contribution in [0.2, 0.25) is 0 Å². The van der Waals surface area contributed by atoms with Crippen LogP contribution in [0, 0.1) is 23.6 Å². The topological polar surface area (TPSA) is 0 Å². The lowest BCUT2D eigenvalue weighted by Gasteiger charge is -2.29. The molecule has 0 aliphatic heterocycles. The molecule has 0 aromatic heterocycles. The van der Waals surface area contributed by atoms with E-state index in [2.05, 4.69) is 19.1 Å². The molecule has 2 fully saturated rings. The van der Waals surface area contributed by atoms with Crippen LogP contribution in [0.5, 0.6) is 0 Å². The summed E-state index contributed by atoms with van der Waals surface area (Å²) >= 11 is 0. The Labute approximate surface area is 166 Å². The fourth-order valence-corrected chi connectivity index (χ4v) is 5.22. The van der Waals surface area contributed by atoms with Crippen LogP contribution in [0.4, 0.5) is 4.39 Å². The number of unbranched alkanes of at least 4 members (excludes halogenated alkanes) is 3. The van der Waals surface area contributed by atoms with E-state index < -0.39 is 0 Å². The lowest BCUT2D eigenvalue weighted by atomic mass is 9.77. The van der Waals surface area contributed by atoms with Crippen LogP contribution in [-0.4, -0.2) is 0 Å². The predicted molar refractivity (Wildman–Crippen MR) is 114 cm³/mol. The maximum absolute atomic E-state index is 13.1. The molecule has 0 N–H and O–H groups in total. The Balaban J connectivity index is 1.33. The van der Waals surface area contributed by atoms with Gasteiger partial charge in [0, 0.05) is 0 Å². The van der Waals surface area contributed by atoms with E-state index >= 15 is 0 Å². The van der Waals surface area contributed by atoms with Gasteiger partial charge in [0.15, 0.2) is 0 Å². The van der Waals surface area contributed by atoms with Gasteiger partial charge in [-0.05, 0) is 92.7 Å². The van der Waals surface area contributed by atoms with Gasteiger partial charge in [0.2, 0.25) is 0 Å². The normalized spacial score (nSPS) is 29.3. The molecule has 0 atom stereocenters. The maximum Gasteiger partial charge on any atom is 0.123 e. The van der Waals surface area contributed by atoms with Crippen LogP contribution in [0.25, 0.3) is 0 Å². The molecule has 2 saturated carbocycles. The molecule has 0 amide bonds. The molecule has 0 unspecified atom stereocenters. The summed E-state index contributed by atoms with van der Waals surface area (Å²) in [5, 5.41) is 0. The summed E-state index contributed by atoms with van der Waals surface area (Å²) in [4.78, 5) is 0. The van der Waals surface area contributed by atoms with Crippen molar-refractivity contribution in [2.24, 2.45) is 17.8 Å². The van der Waals surface area contributed by atoms with E-state index in [9.17, 15) is 4.39 Å². The van der Waals surface area contributed by atoms with Crippen LogP contribution in [0.15, 0.2) is 36.4 Å². The van der Waals surface area contributed by atoms with Crippen molar-refractivity contribution < 1.29 is 4.39 Å². The lowest BCUT2D eigenvalue weighted by Crippen LogP contribution is -2.14. The van der Waals surface area contributed by atoms with E-state index in [0.717, 1.165) is 17.8 Å². The number of hydrogen-bond donors (Lipinski definition) is 0. The zero-order valence-electron chi connectivity index (χ0n) is 17.3. The van der Waals surface area contributed by atoms with E-state index in [1.165, 1.54) is 89.0 Å². The van der Waals surface area contributed by atoms with Crippen LogP contribution < -0.4 is 0 Å². The van der Waals surface area contributed by atoms with Crippen molar-refractivity contribution in [1.82, 2.24) is 0 Å². The van der Waals surface area contributed by atoms with Gasteiger partial charge in [-0.2, -0.15) is 0 Å². The van der Waals surface area contributed by atoms with Gasteiger partial charge >= 0.3 is 0 Å². The average Bonchev–Trinajstić information content (AvgIpc) is 2.72. The molecule has 1 heteroatoms. The highest BCUT2D eigenvalue weighted by Crippen LogP contribution is 2.37. The Morgan fingerprint density at radius 1 is 0.778 bits per heavy atom. The second kappa shape index (κ2) is 11.0. The molecule has 0 bridgehead atoms. The van der Waals surface area contributed by atoms with E-state index in [4.69, 9.17) is 0 Å². The number of hydrogen-bond acceptors (Lipinski definition) is 0. The fraction of sp³-hybridized carbons (Fsp3) is 0.692. The van der Waals surface area contributed by atoms with E-state index in [0.29, 0.717) is 5.92 Å². The lowest BCUT2D eigenvalue weighted by molar-refractivity contribution is 0.287. The third kappa shape index (κ3) is 6.77. The summed E-state index contributed by atoms with van der Waals surface area (Å²) in [6.45, 7) is 2.30. The largest absolute Gasteiger partial charge is 0.207 e. The smallest absolute Gasteiger partial charge is 0.123 e. The summed E-state index contributed by atoms with van der Waals surface area (Å²) < 4.78 is 13.1. The quantitative estimate of drug-likeness (QED) is 0.318. The van der Waals surface area contributed by atoms with E-state index in [1.807, 2.05) is 12.1 Å². The van der Waals surface area contributed by atoms with Crippen molar-refractivity contribution in [3.05, 3.63) is 47.8 Å². The summed E-state index contributed by atoms with van der Waals surface area (Å²) in [7, 11) is 0. The molecule has 2 aliphatic rings. The molecular weight excluding hydrogens is 331 g/mol. The SMILES string of the molecule is CCCCCC[C@H]1CC[C@H](C=C[C@H]2CC[C@H](c3ccc(F)cc3)CC2)CC1. The monoisotopic (exact) mass is 370 g/mol. The first kappa shape index (κ1) is 20.6. The highest BCUT2D eigenvalue weighted by molar-refractivity contribution is 5.21. The van der Waals surface area contributed by atoms with Crippen LogP contribution in [-0.2, 0) is 0 Å². The molecule has 150 valence electrons. The second-order valence-electron chi connectivity index (χ2n) is 9.18. The van der Waals surface area contributed by atoms with E-state index in [1.54, 1.807) is 12.1 Å². The van der Waals surface area contributed by atoms with Crippen molar-refractivity contribution in [3.63, 3.8) is 0 Å². The molecule has 3 rings (SSSR count). The minimum absolute atomic E-state index is 0.119. The molecule has 0 spiro atoms. The van der Waals surface area contributed by atoms with Gasteiger partial charge in [0.1, 0.15) is 5.82 Å². The number of rotatable bonds is 8. The van der Waals surface area contributed by atoms with E-state index in [-0.39, 0.29) is 5.82 Å². The first-order chi connectivity index (χ1) is 13.2. The van der Waals surface area contributed by atoms with Gasteiger partial charge < -0.3 is 0 Å². The first-order valence-electron chi connectivity index (χ1n) is 11.7. The molecule has 0 saturated heterocycles. The maximum atomic E-state index is 13.1. The number of halogens is 1. The summed E-state index contributed by atoms with van der Waals surface area (Å²) in [6.07, 6.45) is 23.1. The third-order valence-corrected chi connectivity index (χ3v) is 7.13. The summed E-state index contributed by atoms with van der Waals surface area (Å²) in [5.74, 6) is 3.14. The Morgan fingerprint density at radius 3 is 1.96 bits per heavy atom. The standard InChI is InChI=1S/C26H39F/c1-2-3-4-5-6-21-7-9-22(10-8-21)11-12-23-13-15-24(16-14-23)25-17-19-26(27)20-18-25/h11-12,17-24H,2-10,13-16H2,1H3/t21-,22-,23-,24-. The summed E-state index contributed by atoms with van der Waals surface area (Å²) in [6, 6.07) is 7.19. The zero-order valence-corrected chi connectivity index (χ0v) is 17.3. The van der Waals surface area contributed by atoms with Crippen molar-refractivity contribution in [2.45, 2.75) is 96.3 Å². The van der Waals surface area contributed by atoms with Crippen molar-refractivity contribution in [1.29, 1.82) is 0 Å². The number of allylic oxidation sites excluding steroid dienone is 2. The molecule has 1 aromatic carbocycles.